The van der Waals surface area contributed by atoms with Crippen molar-refractivity contribution >= 4 is 34.8 Å². The summed E-state index contributed by atoms with van der Waals surface area (Å²) in [7, 11) is 0. The van der Waals surface area contributed by atoms with Crippen molar-refractivity contribution in [2.24, 2.45) is 5.92 Å². The summed E-state index contributed by atoms with van der Waals surface area (Å²) >= 11 is 0. The predicted molar refractivity (Wildman–Crippen MR) is 109 cm³/mol. The van der Waals surface area contributed by atoms with E-state index in [1.165, 1.54) is 0 Å². The average molecular weight is 377 g/mol. The molecule has 0 atom stereocenters. The largest absolute Gasteiger partial charge is 0.326 e. The zero-order chi connectivity index (χ0) is 19.7. The molecule has 2 fully saturated rings. The number of aryl methyl sites for hydroxylation is 1. The third-order valence-electron chi connectivity index (χ3n) is 5.22. The van der Waals surface area contributed by atoms with Gasteiger partial charge in [-0.2, -0.15) is 0 Å². The lowest BCUT2D eigenvalue weighted by molar-refractivity contribution is -0.118. The van der Waals surface area contributed by atoms with E-state index in [0.717, 1.165) is 37.1 Å². The number of anilines is 3. The van der Waals surface area contributed by atoms with E-state index in [9.17, 15) is 14.4 Å². The Bertz CT molecular complexity index is 933. The summed E-state index contributed by atoms with van der Waals surface area (Å²) in [5.74, 6) is 0.0551. The summed E-state index contributed by atoms with van der Waals surface area (Å²) in [6.07, 6.45) is 3.34. The van der Waals surface area contributed by atoms with Crippen LogP contribution in [0.4, 0.5) is 17.1 Å². The highest BCUT2D eigenvalue weighted by molar-refractivity contribution is 6.05. The van der Waals surface area contributed by atoms with Crippen molar-refractivity contribution in [3.8, 4) is 0 Å². The molecule has 1 aliphatic heterocycles. The highest BCUT2D eigenvalue weighted by Gasteiger charge is 2.29. The Labute approximate surface area is 163 Å². The second-order valence-corrected chi connectivity index (χ2v) is 7.44. The third-order valence-corrected chi connectivity index (χ3v) is 5.22. The maximum atomic E-state index is 12.6. The summed E-state index contributed by atoms with van der Waals surface area (Å²) in [6.45, 7) is 2.63. The molecule has 0 spiro atoms. The molecule has 0 unspecified atom stereocenters. The van der Waals surface area contributed by atoms with Crippen LogP contribution in [0, 0.1) is 12.8 Å². The molecule has 1 aliphatic carbocycles. The standard InChI is InChI=1S/C22H23N3O3/c1-14-4-9-17(23-21(27)15-5-6-15)13-19(14)24-22(28)16-7-10-18(11-8-16)25-12-2-3-20(25)26/h4,7-11,13,15H,2-3,5-6,12H2,1H3,(H,23,27)(H,24,28). The van der Waals surface area contributed by atoms with Gasteiger partial charge in [-0.05, 0) is 68.1 Å². The molecule has 2 N–H and O–H groups in total. The van der Waals surface area contributed by atoms with E-state index in [-0.39, 0.29) is 23.6 Å². The van der Waals surface area contributed by atoms with Gasteiger partial charge in [-0.1, -0.05) is 6.07 Å². The van der Waals surface area contributed by atoms with Crippen LogP contribution in [0.1, 0.15) is 41.6 Å². The first-order chi connectivity index (χ1) is 13.5. The van der Waals surface area contributed by atoms with Crippen LogP contribution in [0.15, 0.2) is 42.5 Å². The minimum Gasteiger partial charge on any atom is -0.326 e. The minimum absolute atomic E-state index is 0.0354. The van der Waals surface area contributed by atoms with Gasteiger partial charge in [-0.3, -0.25) is 14.4 Å². The lowest BCUT2D eigenvalue weighted by atomic mass is 10.1. The van der Waals surface area contributed by atoms with Gasteiger partial charge in [0.25, 0.3) is 5.91 Å². The van der Waals surface area contributed by atoms with Crippen LogP contribution in [-0.4, -0.2) is 24.3 Å². The molecule has 6 nitrogen and oxygen atoms in total. The molecule has 0 radical (unpaired) electrons. The number of rotatable bonds is 5. The molecule has 2 aromatic carbocycles. The molecule has 1 heterocycles. The van der Waals surface area contributed by atoms with Crippen LogP contribution < -0.4 is 15.5 Å². The predicted octanol–water partition coefficient (Wildman–Crippen LogP) is 3.72. The molecule has 2 aromatic rings. The van der Waals surface area contributed by atoms with Crippen molar-refractivity contribution in [1.29, 1.82) is 0 Å². The number of carbonyl (C=O) groups excluding carboxylic acids is 3. The van der Waals surface area contributed by atoms with E-state index in [1.54, 1.807) is 35.2 Å². The minimum atomic E-state index is -0.229. The fraction of sp³-hybridized carbons (Fsp3) is 0.318. The second kappa shape index (κ2) is 7.46. The van der Waals surface area contributed by atoms with Crippen molar-refractivity contribution in [3.05, 3.63) is 53.6 Å². The summed E-state index contributed by atoms with van der Waals surface area (Å²) < 4.78 is 0. The second-order valence-electron chi connectivity index (χ2n) is 7.44. The molecule has 4 rings (SSSR count). The van der Waals surface area contributed by atoms with E-state index < -0.39 is 0 Å². The maximum Gasteiger partial charge on any atom is 0.255 e. The monoisotopic (exact) mass is 377 g/mol. The first kappa shape index (κ1) is 18.2. The summed E-state index contributed by atoms with van der Waals surface area (Å²) in [4.78, 5) is 38.2. The van der Waals surface area contributed by atoms with Gasteiger partial charge in [-0.25, -0.2) is 0 Å². The molecular formula is C22H23N3O3. The molecule has 1 saturated carbocycles. The zero-order valence-electron chi connectivity index (χ0n) is 15.8. The van der Waals surface area contributed by atoms with Gasteiger partial charge in [-0.15, -0.1) is 0 Å². The van der Waals surface area contributed by atoms with E-state index in [0.29, 0.717) is 23.4 Å². The van der Waals surface area contributed by atoms with Crippen LogP contribution in [0.25, 0.3) is 0 Å². The van der Waals surface area contributed by atoms with Gasteiger partial charge in [0.05, 0.1) is 0 Å². The molecule has 1 saturated heterocycles. The molecule has 144 valence electrons. The van der Waals surface area contributed by atoms with Gasteiger partial charge in [0, 0.05) is 41.5 Å². The van der Waals surface area contributed by atoms with Gasteiger partial charge in [0.2, 0.25) is 11.8 Å². The van der Waals surface area contributed by atoms with Gasteiger partial charge in [0.15, 0.2) is 0 Å². The molecule has 3 amide bonds. The first-order valence-corrected chi connectivity index (χ1v) is 9.64. The van der Waals surface area contributed by atoms with Gasteiger partial charge < -0.3 is 15.5 Å². The summed E-state index contributed by atoms with van der Waals surface area (Å²) in [6, 6.07) is 12.6. The Kier molecular flexibility index (Phi) is 4.86. The zero-order valence-corrected chi connectivity index (χ0v) is 15.8. The number of hydrogen-bond acceptors (Lipinski definition) is 3. The van der Waals surface area contributed by atoms with Crippen LogP contribution in [-0.2, 0) is 9.59 Å². The maximum absolute atomic E-state index is 12.6. The van der Waals surface area contributed by atoms with Crippen LogP contribution >= 0.6 is 0 Å². The van der Waals surface area contributed by atoms with Crippen molar-refractivity contribution in [1.82, 2.24) is 0 Å². The Hall–Kier alpha value is -3.15. The van der Waals surface area contributed by atoms with E-state index in [4.69, 9.17) is 0 Å². The Morgan fingerprint density at radius 3 is 2.43 bits per heavy atom. The number of nitrogens with one attached hydrogen (secondary N) is 2. The Morgan fingerprint density at radius 1 is 1.04 bits per heavy atom. The number of nitrogens with zero attached hydrogens (tertiary/aromatic N) is 1. The van der Waals surface area contributed by atoms with E-state index in [1.807, 2.05) is 19.1 Å². The fourth-order valence-corrected chi connectivity index (χ4v) is 3.33. The molecule has 0 bridgehead atoms. The normalized spacial score (nSPS) is 16.2. The van der Waals surface area contributed by atoms with Crippen LogP contribution in [0.2, 0.25) is 0 Å². The highest BCUT2D eigenvalue weighted by atomic mass is 16.2. The van der Waals surface area contributed by atoms with Crippen LogP contribution in [0.5, 0.6) is 0 Å². The van der Waals surface area contributed by atoms with Crippen molar-refractivity contribution in [3.63, 3.8) is 0 Å². The smallest absolute Gasteiger partial charge is 0.255 e. The quantitative estimate of drug-likeness (QED) is 0.833. The molecular weight excluding hydrogens is 354 g/mol. The Morgan fingerprint density at radius 2 is 1.79 bits per heavy atom. The molecule has 0 aromatic heterocycles. The van der Waals surface area contributed by atoms with E-state index in [2.05, 4.69) is 10.6 Å². The lowest BCUT2D eigenvalue weighted by Gasteiger charge is -2.16. The number of hydrogen-bond donors (Lipinski definition) is 2. The van der Waals surface area contributed by atoms with Gasteiger partial charge in [0.1, 0.15) is 0 Å². The molecule has 28 heavy (non-hydrogen) atoms. The number of amides is 3. The third kappa shape index (κ3) is 3.91. The highest BCUT2D eigenvalue weighted by Crippen LogP contribution is 2.31. The SMILES string of the molecule is Cc1ccc(NC(=O)C2CC2)cc1NC(=O)c1ccc(N2CCCC2=O)cc1. The first-order valence-electron chi connectivity index (χ1n) is 9.64. The molecule has 6 heteroatoms. The van der Waals surface area contributed by atoms with Crippen molar-refractivity contribution in [2.45, 2.75) is 32.6 Å². The number of carbonyl (C=O) groups is 3. The van der Waals surface area contributed by atoms with Gasteiger partial charge >= 0.3 is 0 Å². The summed E-state index contributed by atoms with van der Waals surface area (Å²) in [5.41, 5.74) is 3.59. The summed E-state index contributed by atoms with van der Waals surface area (Å²) in [5, 5.41) is 5.81. The lowest BCUT2D eigenvalue weighted by Crippen LogP contribution is -2.23. The average Bonchev–Trinajstić information content (AvgIpc) is 3.46. The molecule has 2 aliphatic rings. The van der Waals surface area contributed by atoms with Crippen molar-refractivity contribution in [2.75, 3.05) is 22.1 Å². The Balaban J connectivity index is 1.45. The fourth-order valence-electron chi connectivity index (χ4n) is 3.33. The topological polar surface area (TPSA) is 78.5 Å². The van der Waals surface area contributed by atoms with E-state index >= 15 is 0 Å². The van der Waals surface area contributed by atoms with Crippen molar-refractivity contribution < 1.29 is 14.4 Å². The number of benzene rings is 2. The van der Waals surface area contributed by atoms with Crippen LogP contribution in [0.3, 0.4) is 0 Å².